The lowest BCUT2D eigenvalue weighted by Gasteiger charge is -2.14. The van der Waals surface area contributed by atoms with Gasteiger partial charge in [0.2, 0.25) is 0 Å². The Morgan fingerprint density at radius 3 is 2.79 bits per heavy atom. The van der Waals surface area contributed by atoms with Gasteiger partial charge in [-0.2, -0.15) is 0 Å². The maximum atomic E-state index is 13.5. The van der Waals surface area contributed by atoms with Crippen molar-refractivity contribution in [2.24, 2.45) is 0 Å². The zero-order valence-electron chi connectivity index (χ0n) is 7.61. The van der Waals surface area contributed by atoms with E-state index >= 15 is 0 Å². The number of benzene rings is 1. The fourth-order valence-corrected chi connectivity index (χ4v) is 2.35. The minimum Gasteiger partial charge on any atom is -0.496 e. The molecule has 0 unspecified atom stereocenters. The molecule has 0 saturated carbocycles. The summed E-state index contributed by atoms with van der Waals surface area (Å²) in [6.45, 7) is 0. The lowest BCUT2D eigenvalue weighted by atomic mass is 10.1. The number of methoxy groups -OCH3 is 1. The normalized spacial score (nSPS) is 18.0. The van der Waals surface area contributed by atoms with Crippen LogP contribution in [0.1, 0.15) is 17.5 Å². The van der Waals surface area contributed by atoms with Crippen LogP contribution in [0.3, 0.4) is 0 Å². The molecule has 0 amide bonds. The molecule has 0 aliphatic heterocycles. The zero-order chi connectivity index (χ0) is 10.3. The Balaban J connectivity index is 2.66. The van der Waals surface area contributed by atoms with Crippen LogP contribution in [0.25, 0.3) is 0 Å². The summed E-state index contributed by atoms with van der Waals surface area (Å²) in [4.78, 5) is 0. The average molecular weight is 263 g/mol. The number of hydrogen-bond donors (Lipinski definition) is 0. The Morgan fingerprint density at radius 1 is 1.43 bits per heavy atom. The number of ether oxygens (including phenoxy) is 1. The molecular formula is C10H9BrF2O. The van der Waals surface area contributed by atoms with Crippen molar-refractivity contribution >= 4 is 15.9 Å². The highest BCUT2D eigenvalue weighted by Gasteiger charge is 2.42. The fraction of sp³-hybridized carbons (Fsp3) is 0.400. The van der Waals surface area contributed by atoms with Gasteiger partial charge in [0.05, 0.1) is 12.7 Å². The highest BCUT2D eigenvalue weighted by atomic mass is 79.9. The molecule has 1 aromatic carbocycles. The molecule has 0 saturated heterocycles. The lowest BCUT2D eigenvalue weighted by Crippen LogP contribution is -2.09. The summed E-state index contributed by atoms with van der Waals surface area (Å²) in [5.74, 6) is -2.46. The quantitative estimate of drug-likeness (QED) is 0.753. The summed E-state index contributed by atoms with van der Waals surface area (Å²) in [7, 11) is 1.41. The number of alkyl halides is 2. The monoisotopic (exact) mass is 262 g/mol. The Kier molecular flexibility index (Phi) is 2.26. The first kappa shape index (κ1) is 9.90. The van der Waals surface area contributed by atoms with E-state index in [2.05, 4.69) is 15.9 Å². The van der Waals surface area contributed by atoms with Gasteiger partial charge in [0, 0.05) is 10.9 Å². The van der Waals surface area contributed by atoms with Crippen molar-refractivity contribution in [3.8, 4) is 5.75 Å². The third-order valence-electron chi connectivity index (χ3n) is 2.49. The number of halogens is 3. The van der Waals surface area contributed by atoms with Gasteiger partial charge in [-0.1, -0.05) is 15.9 Å². The summed E-state index contributed by atoms with van der Waals surface area (Å²) >= 11 is 3.27. The van der Waals surface area contributed by atoms with E-state index in [0.29, 0.717) is 12.0 Å². The van der Waals surface area contributed by atoms with Crippen molar-refractivity contribution in [1.29, 1.82) is 0 Å². The van der Waals surface area contributed by atoms with E-state index in [9.17, 15) is 8.78 Å². The molecular weight excluding hydrogens is 254 g/mol. The van der Waals surface area contributed by atoms with Gasteiger partial charge in [-0.25, -0.2) is 8.78 Å². The van der Waals surface area contributed by atoms with Gasteiger partial charge in [0.15, 0.2) is 0 Å². The maximum Gasteiger partial charge on any atom is 0.277 e. The summed E-state index contributed by atoms with van der Waals surface area (Å²) < 4.78 is 32.6. The van der Waals surface area contributed by atoms with E-state index < -0.39 is 5.92 Å². The van der Waals surface area contributed by atoms with Crippen molar-refractivity contribution in [1.82, 2.24) is 0 Å². The smallest absolute Gasteiger partial charge is 0.277 e. The van der Waals surface area contributed by atoms with Crippen LogP contribution >= 0.6 is 15.9 Å². The third-order valence-corrected chi connectivity index (χ3v) is 3.24. The van der Waals surface area contributed by atoms with E-state index in [4.69, 9.17) is 4.74 Å². The molecule has 0 bridgehead atoms. The van der Waals surface area contributed by atoms with Crippen LogP contribution in [0.2, 0.25) is 0 Å². The molecule has 0 fully saturated rings. The molecule has 1 aliphatic carbocycles. The molecule has 0 aromatic heterocycles. The van der Waals surface area contributed by atoms with Gasteiger partial charge in [0.25, 0.3) is 5.92 Å². The minimum absolute atomic E-state index is 0.0503. The molecule has 0 spiro atoms. The van der Waals surface area contributed by atoms with Crippen LogP contribution in [-0.4, -0.2) is 7.11 Å². The van der Waals surface area contributed by atoms with E-state index in [1.54, 1.807) is 12.1 Å². The zero-order valence-corrected chi connectivity index (χ0v) is 9.20. The van der Waals surface area contributed by atoms with Crippen molar-refractivity contribution in [3.63, 3.8) is 0 Å². The van der Waals surface area contributed by atoms with E-state index in [1.807, 2.05) is 0 Å². The molecule has 0 heterocycles. The SMILES string of the molecule is COc1ccc(Br)c2c1C(F)(F)CC2. The first-order valence-electron chi connectivity index (χ1n) is 4.30. The molecule has 76 valence electrons. The van der Waals surface area contributed by atoms with E-state index in [-0.39, 0.29) is 17.7 Å². The lowest BCUT2D eigenvalue weighted by molar-refractivity contribution is -0.00380. The van der Waals surface area contributed by atoms with Gasteiger partial charge in [0.1, 0.15) is 5.75 Å². The summed E-state index contributed by atoms with van der Waals surface area (Å²) in [6.07, 6.45) is 0.279. The third kappa shape index (κ3) is 1.32. The van der Waals surface area contributed by atoms with Gasteiger partial charge in [-0.15, -0.1) is 0 Å². The first-order valence-corrected chi connectivity index (χ1v) is 5.09. The fourth-order valence-electron chi connectivity index (χ4n) is 1.82. The van der Waals surface area contributed by atoms with Crippen LogP contribution in [0.4, 0.5) is 8.78 Å². The van der Waals surface area contributed by atoms with E-state index in [0.717, 1.165) is 4.47 Å². The molecule has 0 N–H and O–H groups in total. The predicted octanol–water partition coefficient (Wildman–Crippen LogP) is 3.50. The topological polar surface area (TPSA) is 9.23 Å². The predicted molar refractivity (Wildman–Crippen MR) is 52.9 cm³/mol. The molecule has 0 radical (unpaired) electrons. The Bertz CT molecular complexity index is 377. The average Bonchev–Trinajstić information content (AvgIpc) is 2.45. The second kappa shape index (κ2) is 3.19. The second-order valence-electron chi connectivity index (χ2n) is 3.31. The molecule has 1 nitrogen and oxygen atoms in total. The molecule has 1 aliphatic rings. The van der Waals surface area contributed by atoms with Crippen LogP contribution in [0, 0.1) is 0 Å². The standard InChI is InChI=1S/C10H9BrF2O/c1-14-8-3-2-7(11)6-4-5-10(12,13)9(6)8/h2-3H,4-5H2,1H3. The number of rotatable bonds is 1. The van der Waals surface area contributed by atoms with Gasteiger partial charge in [-0.05, 0) is 24.1 Å². The van der Waals surface area contributed by atoms with Crippen molar-refractivity contribution < 1.29 is 13.5 Å². The molecule has 2 rings (SSSR count). The van der Waals surface area contributed by atoms with Crippen LogP contribution in [0.5, 0.6) is 5.75 Å². The Labute approximate surface area is 89.2 Å². The van der Waals surface area contributed by atoms with Gasteiger partial charge in [-0.3, -0.25) is 0 Å². The van der Waals surface area contributed by atoms with Crippen LogP contribution in [0.15, 0.2) is 16.6 Å². The highest BCUT2D eigenvalue weighted by molar-refractivity contribution is 9.10. The van der Waals surface area contributed by atoms with Crippen LogP contribution in [-0.2, 0) is 12.3 Å². The second-order valence-corrected chi connectivity index (χ2v) is 4.16. The van der Waals surface area contributed by atoms with Gasteiger partial charge < -0.3 is 4.74 Å². The number of hydrogen-bond acceptors (Lipinski definition) is 1. The molecule has 14 heavy (non-hydrogen) atoms. The Hall–Kier alpha value is -0.640. The summed E-state index contributed by atoms with van der Waals surface area (Å²) in [5, 5.41) is 0. The van der Waals surface area contributed by atoms with Gasteiger partial charge >= 0.3 is 0 Å². The summed E-state index contributed by atoms with van der Waals surface area (Å²) in [5.41, 5.74) is 0.726. The first-order chi connectivity index (χ1) is 6.56. The Morgan fingerprint density at radius 2 is 2.14 bits per heavy atom. The summed E-state index contributed by atoms with van der Waals surface area (Å²) in [6, 6.07) is 3.32. The van der Waals surface area contributed by atoms with Crippen molar-refractivity contribution in [2.75, 3.05) is 7.11 Å². The molecule has 0 atom stereocenters. The van der Waals surface area contributed by atoms with Crippen molar-refractivity contribution in [2.45, 2.75) is 18.8 Å². The highest BCUT2D eigenvalue weighted by Crippen LogP contribution is 2.48. The van der Waals surface area contributed by atoms with Crippen LogP contribution < -0.4 is 4.74 Å². The van der Waals surface area contributed by atoms with Crippen molar-refractivity contribution in [3.05, 3.63) is 27.7 Å². The molecule has 1 aromatic rings. The largest absolute Gasteiger partial charge is 0.496 e. The molecule has 4 heteroatoms. The minimum atomic E-state index is -2.75. The maximum absolute atomic E-state index is 13.5. The number of fused-ring (bicyclic) bond motifs is 1. The van der Waals surface area contributed by atoms with E-state index in [1.165, 1.54) is 7.11 Å².